The first-order valence-corrected chi connectivity index (χ1v) is 7.55. The molecule has 0 saturated carbocycles. The van der Waals surface area contributed by atoms with Gasteiger partial charge in [0.25, 0.3) is 0 Å². The van der Waals surface area contributed by atoms with Gasteiger partial charge in [0, 0.05) is 6.54 Å². The number of likely N-dealkylation sites (tertiary alicyclic amines) is 1. The molecule has 2 heterocycles. The Morgan fingerprint density at radius 3 is 2.40 bits per heavy atom. The van der Waals surface area contributed by atoms with E-state index in [1.165, 1.54) is 0 Å². The molecule has 2 fully saturated rings. The number of amides is 1. The van der Waals surface area contributed by atoms with Crippen LogP contribution < -0.4 is 0 Å². The smallest absolute Gasteiger partial charge is 0.329 e. The summed E-state index contributed by atoms with van der Waals surface area (Å²) < 4.78 is 5.73. The fourth-order valence-corrected chi connectivity index (χ4v) is 3.81. The van der Waals surface area contributed by atoms with Crippen molar-refractivity contribution in [2.75, 3.05) is 6.54 Å². The number of carboxylic acids is 1. The number of hydrogen-bond acceptors (Lipinski definition) is 3. The lowest BCUT2D eigenvalue weighted by molar-refractivity contribution is -0.159. The van der Waals surface area contributed by atoms with E-state index in [1.54, 1.807) is 4.90 Å². The first-order valence-electron chi connectivity index (χ1n) is 7.55. The van der Waals surface area contributed by atoms with Crippen molar-refractivity contribution in [1.29, 1.82) is 0 Å². The molecule has 0 aromatic carbocycles. The molecule has 2 aliphatic heterocycles. The maximum Gasteiger partial charge on any atom is 0.329 e. The Hall–Kier alpha value is -1.10. The number of hydrogen-bond donors (Lipinski definition) is 1. The summed E-state index contributed by atoms with van der Waals surface area (Å²) in [6.07, 6.45) is 1.67. The minimum Gasteiger partial charge on any atom is -0.479 e. The zero-order chi connectivity index (χ0) is 15.1. The molecule has 5 heteroatoms. The van der Waals surface area contributed by atoms with Crippen LogP contribution in [-0.4, -0.2) is 46.2 Å². The number of nitrogens with zero attached hydrogens (tertiary/aromatic N) is 1. The monoisotopic (exact) mass is 283 g/mol. The summed E-state index contributed by atoms with van der Waals surface area (Å²) >= 11 is 0. The molecular weight excluding hydrogens is 258 g/mol. The first-order chi connectivity index (χ1) is 9.35. The summed E-state index contributed by atoms with van der Waals surface area (Å²) in [6.45, 7) is 8.29. The predicted molar refractivity (Wildman–Crippen MR) is 74.3 cm³/mol. The third-order valence-electron chi connectivity index (χ3n) is 5.26. The SMILES string of the molecule is CCC1(C(=O)O)CCCN1C(=O)C1C(C)OC(C)C1C. The zero-order valence-corrected chi connectivity index (χ0v) is 12.8. The summed E-state index contributed by atoms with van der Waals surface area (Å²) in [4.78, 5) is 26.2. The highest BCUT2D eigenvalue weighted by molar-refractivity contribution is 5.89. The Balaban J connectivity index is 2.26. The van der Waals surface area contributed by atoms with Gasteiger partial charge in [-0.3, -0.25) is 4.79 Å². The van der Waals surface area contributed by atoms with E-state index in [4.69, 9.17) is 4.74 Å². The summed E-state index contributed by atoms with van der Waals surface area (Å²) in [5.74, 6) is -1.02. The standard InChI is InChI=1S/C15H25NO4/c1-5-15(14(18)19)7-6-8-16(15)13(17)12-9(2)10(3)20-11(12)4/h9-12H,5-8H2,1-4H3,(H,18,19). The summed E-state index contributed by atoms with van der Waals surface area (Å²) in [6, 6.07) is 0. The highest BCUT2D eigenvalue weighted by Gasteiger charge is 2.53. The molecule has 1 N–H and O–H groups in total. The van der Waals surface area contributed by atoms with Gasteiger partial charge in [-0.2, -0.15) is 0 Å². The fraction of sp³-hybridized carbons (Fsp3) is 0.867. The molecule has 2 saturated heterocycles. The molecule has 0 aliphatic carbocycles. The number of carboxylic acid groups (broad SMARTS) is 1. The van der Waals surface area contributed by atoms with Gasteiger partial charge in [-0.15, -0.1) is 0 Å². The van der Waals surface area contributed by atoms with Crippen molar-refractivity contribution in [2.45, 2.75) is 64.7 Å². The van der Waals surface area contributed by atoms with Gasteiger partial charge in [-0.1, -0.05) is 13.8 Å². The first kappa shape index (κ1) is 15.3. The Bertz CT molecular complexity index is 411. The van der Waals surface area contributed by atoms with Crippen LogP contribution in [0.5, 0.6) is 0 Å². The number of aliphatic carboxylic acids is 1. The van der Waals surface area contributed by atoms with E-state index >= 15 is 0 Å². The van der Waals surface area contributed by atoms with Gasteiger partial charge in [-0.25, -0.2) is 4.79 Å². The summed E-state index contributed by atoms with van der Waals surface area (Å²) in [5.41, 5.74) is -1.01. The number of carbonyl (C=O) groups is 2. The van der Waals surface area contributed by atoms with E-state index in [1.807, 2.05) is 27.7 Å². The van der Waals surface area contributed by atoms with Crippen molar-refractivity contribution < 1.29 is 19.4 Å². The van der Waals surface area contributed by atoms with Crippen molar-refractivity contribution in [2.24, 2.45) is 11.8 Å². The van der Waals surface area contributed by atoms with Gasteiger partial charge in [0.15, 0.2) is 0 Å². The van der Waals surface area contributed by atoms with Crippen LogP contribution in [0.15, 0.2) is 0 Å². The van der Waals surface area contributed by atoms with Crippen molar-refractivity contribution in [1.82, 2.24) is 4.90 Å². The zero-order valence-electron chi connectivity index (χ0n) is 12.8. The molecule has 2 rings (SSSR count). The molecule has 114 valence electrons. The molecule has 2 aliphatic rings. The van der Waals surface area contributed by atoms with Crippen LogP contribution in [0.25, 0.3) is 0 Å². The third-order valence-corrected chi connectivity index (χ3v) is 5.26. The minimum atomic E-state index is -1.01. The van der Waals surface area contributed by atoms with Crippen LogP contribution in [0.1, 0.15) is 47.0 Å². The second-order valence-electron chi connectivity index (χ2n) is 6.21. The summed E-state index contributed by atoms with van der Waals surface area (Å²) in [7, 11) is 0. The molecule has 0 radical (unpaired) electrons. The van der Waals surface area contributed by atoms with E-state index in [0.29, 0.717) is 19.4 Å². The van der Waals surface area contributed by atoms with Gasteiger partial charge in [0.1, 0.15) is 5.54 Å². The molecule has 5 atom stereocenters. The molecule has 0 aromatic heterocycles. The minimum absolute atomic E-state index is 0.0439. The highest BCUT2D eigenvalue weighted by Crippen LogP contribution is 2.39. The molecule has 1 amide bonds. The molecule has 5 nitrogen and oxygen atoms in total. The van der Waals surface area contributed by atoms with Crippen molar-refractivity contribution in [3.05, 3.63) is 0 Å². The predicted octanol–water partition coefficient (Wildman–Crippen LogP) is 1.90. The van der Waals surface area contributed by atoms with E-state index in [2.05, 4.69) is 0 Å². The van der Waals surface area contributed by atoms with Gasteiger partial charge in [0.2, 0.25) is 5.91 Å². The average Bonchev–Trinajstić information content (AvgIpc) is 2.92. The van der Waals surface area contributed by atoms with Crippen molar-refractivity contribution in [3.8, 4) is 0 Å². The van der Waals surface area contributed by atoms with Gasteiger partial charge < -0.3 is 14.7 Å². The third kappa shape index (κ3) is 2.12. The quantitative estimate of drug-likeness (QED) is 0.859. The lowest BCUT2D eigenvalue weighted by atomic mass is 9.86. The van der Waals surface area contributed by atoms with E-state index in [-0.39, 0.29) is 30.0 Å². The topological polar surface area (TPSA) is 66.8 Å². The Labute approximate surface area is 120 Å². The second kappa shape index (κ2) is 5.35. The maximum absolute atomic E-state index is 12.9. The van der Waals surface area contributed by atoms with Crippen LogP contribution >= 0.6 is 0 Å². The van der Waals surface area contributed by atoms with E-state index < -0.39 is 11.5 Å². The Kier molecular flexibility index (Phi) is 4.09. The maximum atomic E-state index is 12.9. The normalized spacial score (nSPS) is 41.1. The molecular formula is C15H25NO4. The van der Waals surface area contributed by atoms with E-state index in [9.17, 15) is 14.7 Å². The van der Waals surface area contributed by atoms with Crippen molar-refractivity contribution in [3.63, 3.8) is 0 Å². The lowest BCUT2D eigenvalue weighted by Gasteiger charge is -2.36. The number of carbonyl (C=O) groups excluding carboxylic acids is 1. The number of rotatable bonds is 3. The van der Waals surface area contributed by atoms with Crippen LogP contribution in [0.2, 0.25) is 0 Å². The van der Waals surface area contributed by atoms with Crippen LogP contribution in [0, 0.1) is 11.8 Å². The largest absolute Gasteiger partial charge is 0.479 e. The van der Waals surface area contributed by atoms with Crippen LogP contribution in [0.4, 0.5) is 0 Å². The molecule has 0 spiro atoms. The molecule has 20 heavy (non-hydrogen) atoms. The Morgan fingerprint density at radius 2 is 1.95 bits per heavy atom. The molecule has 0 bridgehead atoms. The lowest BCUT2D eigenvalue weighted by Crippen LogP contribution is -2.55. The Morgan fingerprint density at radius 1 is 1.30 bits per heavy atom. The summed E-state index contributed by atoms with van der Waals surface area (Å²) in [5, 5.41) is 9.58. The molecule has 0 aromatic rings. The second-order valence-corrected chi connectivity index (χ2v) is 6.21. The van der Waals surface area contributed by atoms with Crippen LogP contribution in [0.3, 0.4) is 0 Å². The average molecular weight is 283 g/mol. The molecule has 5 unspecified atom stereocenters. The van der Waals surface area contributed by atoms with Gasteiger partial charge in [0.05, 0.1) is 18.1 Å². The highest BCUT2D eigenvalue weighted by atomic mass is 16.5. The van der Waals surface area contributed by atoms with Crippen molar-refractivity contribution >= 4 is 11.9 Å². The fourth-order valence-electron chi connectivity index (χ4n) is 3.81. The van der Waals surface area contributed by atoms with Gasteiger partial charge >= 0.3 is 5.97 Å². The van der Waals surface area contributed by atoms with E-state index in [0.717, 1.165) is 6.42 Å². The van der Waals surface area contributed by atoms with Crippen LogP contribution in [-0.2, 0) is 14.3 Å². The number of ether oxygens (including phenoxy) is 1. The van der Waals surface area contributed by atoms with Gasteiger partial charge in [-0.05, 0) is 39.0 Å².